The van der Waals surface area contributed by atoms with Gasteiger partial charge in [0.1, 0.15) is 5.75 Å². The van der Waals surface area contributed by atoms with Crippen molar-refractivity contribution in [2.24, 2.45) is 0 Å². The Labute approximate surface area is 160 Å². The first-order chi connectivity index (χ1) is 13.1. The van der Waals surface area contributed by atoms with Gasteiger partial charge in [0.25, 0.3) is 0 Å². The van der Waals surface area contributed by atoms with Crippen LogP contribution in [0.2, 0.25) is 0 Å². The first kappa shape index (κ1) is 21.8. The highest BCUT2D eigenvalue weighted by Crippen LogP contribution is 2.34. The molecule has 0 unspecified atom stereocenters. The number of carbonyl (C=O) groups is 1. The number of esters is 1. The number of carbonyl (C=O) groups excluding carboxylic acids is 1. The molecule has 6 nitrogen and oxygen atoms in total. The van der Waals surface area contributed by atoms with Gasteiger partial charge in [0, 0.05) is 5.39 Å². The van der Waals surface area contributed by atoms with E-state index < -0.39 is 27.3 Å². The molecule has 0 aliphatic carbocycles. The molecule has 0 radical (unpaired) electrons. The van der Waals surface area contributed by atoms with Crippen molar-refractivity contribution in [2.45, 2.75) is 32.2 Å². The van der Waals surface area contributed by atoms with Crippen molar-refractivity contribution in [3.05, 3.63) is 35.9 Å². The van der Waals surface area contributed by atoms with Crippen LogP contribution < -0.4 is 8.92 Å². The maximum Gasteiger partial charge on any atom is 0.534 e. The third-order valence-corrected chi connectivity index (χ3v) is 4.61. The molecule has 0 spiro atoms. The van der Waals surface area contributed by atoms with E-state index in [1.54, 1.807) is 6.92 Å². The molecule has 2 aromatic rings. The lowest BCUT2D eigenvalue weighted by Crippen LogP contribution is -2.28. The molecule has 0 heterocycles. The lowest BCUT2D eigenvalue weighted by Gasteiger charge is -2.14. The zero-order valence-electron chi connectivity index (χ0n) is 15.2. The highest BCUT2D eigenvalue weighted by atomic mass is 32.2. The fourth-order valence-electron chi connectivity index (χ4n) is 2.30. The molecule has 0 bridgehead atoms. The van der Waals surface area contributed by atoms with Gasteiger partial charge in [-0.1, -0.05) is 13.3 Å². The normalized spacial score (nSPS) is 12.0. The van der Waals surface area contributed by atoms with Crippen molar-refractivity contribution < 1.29 is 40.0 Å². The van der Waals surface area contributed by atoms with E-state index in [-0.39, 0.29) is 22.9 Å². The van der Waals surface area contributed by atoms with Gasteiger partial charge in [-0.2, -0.15) is 21.6 Å². The molecule has 0 atom stereocenters. The van der Waals surface area contributed by atoms with Gasteiger partial charge < -0.3 is 13.7 Å². The Morgan fingerprint density at radius 1 is 1.11 bits per heavy atom. The van der Waals surface area contributed by atoms with E-state index in [2.05, 4.69) is 4.18 Å². The molecule has 10 heteroatoms. The van der Waals surface area contributed by atoms with Crippen LogP contribution in [0.4, 0.5) is 13.2 Å². The predicted molar refractivity (Wildman–Crippen MR) is 95.9 cm³/mol. The second-order valence-corrected chi connectivity index (χ2v) is 7.30. The van der Waals surface area contributed by atoms with Crippen molar-refractivity contribution in [3.63, 3.8) is 0 Å². The number of hydrogen-bond acceptors (Lipinski definition) is 6. The summed E-state index contributed by atoms with van der Waals surface area (Å²) in [5, 5.41) is 0.343. The van der Waals surface area contributed by atoms with Gasteiger partial charge in [0.15, 0.2) is 5.75 Å². The van der Waals surface area contributed by atoms with Crippen molar-refractivity contribution in [1.82, 2.24) is 0 Å². The van der Waals surface area contributed by atoms with Crippen molar-refractivity contribution >= 4 is 26.9 Å². The summed E-state index contributed by atoms with van der Waals surface area (Å²) in [5.74, 6) is -1.03. The van der Waals surface area contributed by atoms with Crippen LogP contribution in [-0.2, 0) is 14.9 Å². The number of unbranched alkanes of at least 4 members (excludes halogenated alkanes) is 1. The van der Waals surface area contributed by atoms with Crippen molar-refractivity contribution in [3.8, 4) is 11.5 Å². The molecule has 0 aliphatic rings. The fraction of sp³-hybridized carbons (Fsp3) is 0.389. The summed E-state index contributed by atoms with van der Waals surface area (Å²) in [7, 11) is -5.91. The zero-order valence-corrected chi connectivity index (χ0v) is 16.0. The van der Waals surface area contributed by atoms with E-state index in [9.17, 15) is 26.4 Å². The van der Waals surface area contributed by atoms with Crippen LogP contribution in [-0.4, -0.2) is 33.1 Å². The predicted octanol–water partition coefficient (Wildman–Crippen LogP) is 4.42. The number of rotatable bonds is 8. The Morgan fingerprint density at radius 2 is 1.82 bits per heavy atom. The third kappa shape index (κ3) is 5.06. The lowest BCUT2D eigenvalue weighted by molar-refractivity contribution is -0.0499. The minimum Gasteiger partial charge on any atom is -0.494 e. The summed E-state index contributed by atoms with van der Waals surface area (Å²) in [4.78, 5) is 12.0. The molecule has 28 heavy (non-hydrogen) atoms. The number of benzene rings is 2. The molecular formula is C18H19F3O6S. The minimum absolute atomic E-state index is 0.0358. The summed E-state index contributed by atoms with van der Waals surface area (Å²) in [6.45, 7) is 4.02. The summed E-state index contributed by atoms with van der Waals surface area (Å²) in [6.07, 6.45) is 1.72. The molecule has 0 amide bonds. The van der Waals surface area contributed by atoms with Gasteiger partial charge in [-0.15, -0.1) is 0 Å². The second-order valence-electron chi connectivity index (χ2n) is 5.76. The molecule has 154 valence electrons. The first-order valence-electron chi connectivity index (χ1n) is 8.47. The Kier molecular flexibility index (Phi) is 6.76. The number of ether oxygens (including phenoxy) is 2. The fourth-order valence-corrected chi connectivity index (χ4v) is 2.77. The SMILES string of the molecule is CCCCOc1ccc2c(OS(=O)(=O)C(F)(F)F)cc(C(=O)OCC)cc2c1. The van der Waals surface area contributed by atoms with E-state index in [0.717, 1.165) is 18.9 Å². The zero-order chi connectivity index (χ0) is 20.9. The van der Waals surface area contributed by atoms with Crippen LogP contribution in [0.3, 0.4) is 0 Å². The smallest absolute Gasteiger partial charge is 0.494 e. The Balaban J connectivity index is 2.55. The number of hydrogen-bond donors (Lipinski definition) is 0. The van der Waals surface area contributed by atoms with E-state index in [4.69, 9.17) is 9.47 Å². The Hall–Kier alpha value is -2.49. The molecular weight excluding hydrogens is 401 g/mol. The molecule has 0 fully saturated rings. The summed E-state index contributed by atoms with van der Waals surface area (Å²) >= 11 is 0. The average Bonchev–Trinajstić information content (AvgIpc) is 2.60. The number of alkyl halides is 3. The molecule has 2 rings (SSSR count). The average molecular weight is 420 g/mol. The van der Waals surface area contributed by atoms with Crippen LogP contribution in [0.15, 0.2) is 30.3 Å². The van der Waals surface area contributed by atoms with E-state index >= 15 is 0 Å². The quantitative estimate of drug-likeness (QED) is 0.272. The standard InChI is InChI=1S/C18H19F3O6S/c1-3-5-8-26-14-6-7-15-12(10-14)9-13(17(22)25-4-2)11-16(15)27-28(23,24)18(19,20)21/h6-7,9-11H,3-5,8H2,1-2H3. The number of fused-ring (bicyclic) bond motifs is 1. The van der Waals surface area contributed by atoms with E-state index in [1.165, 1.54) is 24.3 Å². The van der Waals surface area contributed by atoms with Gasteiger partial charge in [-0.3, -0.25) is 0 Å². The van der Waals surface area contributed by atoms with E-state index in [1.807, 2.05) is 6.92 Å². The Morgan fingerprint density at radius 3 is 2.43 bits per heavy atom. The summed E-state index contributed by atoms with van der Waals surface area (Å²) < 4.78 is 75.7. The monoisotopic (exact) mass is 420 g/mol. The van der Waals surface area contributed by atoms with Crippen LogP contribution >= 0.6 is 0 Å². The second kappa shape index (κ2) is 8.68. The topological polar surface area (TPSA) is 78.9 Å². The Bertz CT molecular complexity index is 954. The largest absolute Gasteiger partial charge is 0.534 e. The van der Waals surface area contributed by atoms with Crippen LogP contribution in [0.25, 0.3) is 10.8 Å². The van der Waals surface area contributed by atoms with Crippen molar-refractivity contribution in [2.75, 3.05) is 13.2 Å². The van der Waals surface area contributed by atoms with E-state index in [0.29, 0.717) is 12.4 Å². The minimum atomic E-state index is -5.91. The highest BCUT2D eigenvalue weighted by Gasteiger charge is 2.48. The maximum absolute atomic E-state index is 12.7. The third-order valence-electron chi connectivity index (χ3n) is 3.65. The first-order valence-corrected chi connectivity index (χ1v) is 9.88. The lowest BCUT2D eigenvalue weighted by atomic mass is 10.1. The molecule has 0 aromatic heterocycles. The van der Waals surface area contributed by atoms with Gasteiger partial charge in [-0.25, -0.2) is 4.79 Å². The van der Waals surface area contributed by atoms with Gasteiger partial charge in [-0.05, 0) is 49.1 Å². The van der Waals surface area contributed by atoms with Gasteiger partial charge >= 0.3 is 21.6 Å². The van der Waals surface area contributed by atoms with Crippen molar-refractivity contribution in [1.29, 1.82) is 0 Å². The molecule has 0 N–H and O–H groups in total. The van der Waals surface area contributed by atoms with Crippen LogP contribution in [0, 0.1) is 0 Å². The maximum atomic E-state index is 12.7. The number of halogens is 3. The highest BCUT2D eigenvalue weighted by molar-refractivity contribution is 7.88. The summed E-state index contributed by atoms with van der Waals surface area (Å²) in [5.41, 5.74) is -5.75. The van der Waals surface area contributed by atoms with Crippen LogP contribution in [0.1, 0.15) is 37.0 Å². The molecule has 2 aromatic carbocycles. The van der Waals surface area contributed by atoms with Gasteiger partial charge in [0.05, 0.1) is 18.8 Å². The molecule has 0 aliphatic heterocycles. The van der Waals surface area contributed by atoms with Gasteiger partial charge in [0.2, 0.25) is 0 Å². The molecule has 0 saturated carbocycles. The summed E-state index contributed by atoms with van der Waals surface area (Å²) in [6, 6.07) is 6.61. The molecule has 0 saturated heterocycles. The van der Waals surface area contributed by atoms with Crippen LogP contribution in [0.5, 0.6) is 11.5 Å².